The van der Waals surface area contributed by atoms with Crippen molar-refractivity contribution in [3.8, 4) is 11.5 Å². The van der Waals surface area contributed by atoms with Crippen LogP contribution < -0.4 is 14.8 Å². The van der Waals surface area contributed by atoms with Gasteiger partial charge in [0.25, 0.3) is 5.91 Å². The molecule has 1 aliphatic rings. The van der Waals surface area contributed by atoms with E-state index < -0.39 is 30.1 Å². The molecule has 30 heavy (non-hydrogen) atoms. The van der Waals surface area contributed by atoms with Crippen LogP contribution in [0.15, 0.2) is 36.4 Å². The van der Waals surface area contributed by atoms with E-state index in [1.165, 1.54) is 0 Å². The maximum atomic E-state index is 13.3. The fourth-order valence-electron chi connectivity index (χ4n) is 3.06. The summed E-state index contributed by atoms with van der Waals surface area (Å²) in [6.45, 7) is 4.48. The van der Waals surface area contributed by atoms with Crippen molar-refractivity contribution in [2.24, 2.45) is 5.92 Å². The molecule has 0 aromatic heterocycles. The van der Waals surface area contributed by atoms with E-state index in [4.69, 9.17) is 14.2 Å². The molecule has 1 heterocycles. The normalized spacial score (nSPS) is 14.0. The van der Waals surface area contributed by atoms with Gasteiger partial charge < -0.3 is 19.5 Å². The second kappa shape index (κ2) is 9.56. The van der Waals surface area contributed by atoms with Crippen molar-refractivity contribution in [1.82, 2.24) is 5.32 Å². The van der Waals surface area contributed by atoms with E-state index in [0.717, 1.165) is 30.2 Å². The van der Waals surface area contributed by atoms with E-state index >= 15 is 0 Å². The number of carbonyl (C=O) groups is 2. The van der Waals surface area contributed by atoms with E-state index in [1.54, 1.807) is 6.07 Å². The lowest BCUT2D eigenvalue weighted by Crippen LogP contribution is -2.35. The van der Waals surface area contributed by atoms with Crippen molar-refractivity contribution in [3.05, 3.63) is 59.2 Å². The van der Waals surface area contributed by atoms with E-state index in [9.17, 15) is 18.4 Å². The number of fused-ring (bicyclic) bond motifs is 1. The minimum Gasteiger partial charge on any atom is -0.490 e. The van der Waals surface area contributed by atoms with Crippen molar-refractivity contribution in [3.63, 3.8) is 0 Å². The molecule has 2 aromatic rings. The van der Waals surface area contributed by atoms with Gasteiger partial charge in [-0.3, -0.25) is 4.79 Å². The van der Waals surface area contributed by atoms with E-state index in [-0.39, 0.29) is 17.5 Å². The molecule has 0 saturated heterocycles. The van der Waals surface area contributed by atoms with Crippen molar-refractivity contribution >= 4 is 11.9 Å². The molecule has 1 N–H and O–H groups in total. The van der Waals surface area contributed by atoms with Crippen LogP contribution in [-0.4, -0.2) is 31.7 Å². The maximum absolute atomic E-state index is 13.3. The quantitative estimate of drug-likeness (QED) is 0.721. The Balaban J connectivity index is 1.63. The first-order chi connectivity index (χ1) is 14.3. The average Bonchev–Trinajstić information content (AvgIpc) is 2.96. The molecule has 1 atom stereocenters. The highest BCUT2D eigenvalue weighted by Crippen LogP contribution is 2.34. The summed E-state index contributed by atoms with van der Waals surface area (Å²) in [5.41, 5.74) is 0.652. The predicted octanol–water partition coefficient (Wildman–Crippen LogP) is 3.80. The largest absolute Gasteiger partial charge is 0.490 e. The molecule has 3 rings (SSSR count). The third-order valence-electron chi connectivity index (χ3n) is 4.60. The second-order valence-corrected chi connectivity index (χ2v) is 7.25. The lowest BCUT2D eigenvalue weighted by molar-refractivity contribution is -0.125. The SMILES string of the molecule is CC(C)[C@@H](NC(=O)COC(=O)c1ccc(F)c(F)c1)c1ccc2c(c1)OCCCO2. The number of nitrogens with one attached hydrogen (secondary N) is 1. The van der Waals surface area contributed by atoms with Gasteiger partial charge in [0.1, 0.15) is 0 Å². The Bertz CT molecular complexity index is 932. The summed E-state index contributed by atoms with van der Waals surface area (Å²) in [7, 11) is 0. The van der Waals surface area contributed by atoms with Crippen LogP contribution in [0.25, 0.3) is 0 Å². The molecule has 0 saturated carbocycles. The van der Waals surface area contributed by atoms with Crippen LogP contribution in [0.1, 0.15) is 42.2 Å². The molecule has 8 heteroatoms. The van der Waals surface area contributed by atoms with E-state index in [1.807, 2.05) is 26.0 Å². The van der Waals surface area contributed by atoms with Gasteiger partial charge in [-0.15, -0.1) is 0 Å². The summed E-state index contributed by atoms with van der Waals surface area (Å²) in [6.07, 6.45) is 0.789. The van der Waals surface area contributed by atoms with Gasteiger partial charge in [0.15, 0.2) is 29.7 Å². The van der Waals surface area contributed by atoms with Crippen molar-refractivity contribution in [2.75, 3.05) is 19.8 Å². The molecule has 1 amide bonds. The number of halogens is 2. The Morgan fingerprint density at radius 2 is 1.77 bits per heavy atom. The molecule has 0 aliphatic carbocycles. The van der Waals surface area contributed by atoms with Gasteiger partial charge >= 0.3 is 5.97 Å². The van der Waals surface area contributed by atoms with Crippen molar-refractivity contribution < 1.29 is 32.6 Å². The summed E-state index contributed by atoms with van der Waals surface area (Å²) < 4.78 is 42.5. The van der Waals surface area contributed by atoms with Gasteiger partial charge in [0.05, 0.1) is 24.8 Å². The van der Waals surface area contributed by atoms with Crippen LogP contribution in [0.2, 0.25) is 0 Å². The number of benzene rings is 2. The molecule has 0 fully saturated rings. The monoisotopic (exact) mass is 419 g/mol. The van der Waals surface area contributed by atoms with Gasteiger partial charge in [0, 0.05) is 6.42 Å². The third kappa shape index (κ3) is 5.25. The van der Waals surface area contributed by atoms with Gasteiger partial charge in [-0.2, -0.15) is 0 Å². The van der Waals surface area contributed by atoms with E-state index in [0.29, 0.717) is 24.7 Å². The Morgan fingerprint density at radius 3 is 2.47 bits per heavy atom. The first-order valence-corrected chi connectivity index (χ1v) is 9.66. The molecule has 6 nitrogen and oxygen atoms in total. The summed E-state index contributed by atoms with van der Waals surface area (Å²) in [5.74, 6) is -2.35. The number of hydrogen-bond acceptors (Lipinski definition) is 5. The zero-order valence-corrected chi connectivity index (χ0v) is 16.7. The zero-order valence-electron chi connectivity index (χ0n) is 16.7. The Morgan fingerprint density at radius 1 is 1.03 bits per heavy atom. The molecule has 0 unspecified atom stereocenters. The van der Waals surface area contributed by atoms with Crippen LogP contribution >= 0.6 is 0 Å². The van der Waals surface area contributed by atoms with Crippen molar-refractivity contribution in [1.29, 1.82) is 0 Å². The minimum atomic E-state index is -1.16. The lowest BCUT2D eigenvalue weighted by Gasteiger charge is -2.23. The molecule has 1 aliphatic heterocycles. The van der Waals surface area contributed by atoms with E-state index in [2.05, 4.69) is 5.32 Å². The van der Waals surface area contributed by atoms with Crippen LogP contribution in [-0.2, 0) is 9.53 Å². The first kappa shape index (κ1) is 21.5. The number of amides is 1. The van der Waals surface area contributed by atoms with Gasteiger partial charge in [-0.25, -0.2) is 13.6 Å². The van der Waals surface area contributed by atoms with Crippen LogP contribution in [0, 0.1) is 17.6 Å². The molecule has 0 radical (unpaired) electrons. The molecule has 2 aromatic carbocycles. The second-order valence-electron chi connectivity index (χ2n) is 7.25. The van der Waals surface area contributed by atoms with Crippen LogP contribution in [0.5, 0.6) is 11.5 Å². The van der Waals surface area contributed by atoms with Gasteiger partial charge in [-0.1, -0.05) is 19.9 Å². The zero-order chi connectivity index (χ0) is 21.7. The summed E-state index contributed by atoms with van der Waals surface area (Å²) in [5, 5.41) is 2.84. The number of rotatable bonds is 6. The Labute approximate surface area is 173 Å². The average molecular weight is 419 g/mol. The Hall–Kier alpha value is -3.16. The highest BCUT2D eigenvalue weighted by molar-refractivity contribution is 5.91. The topological polar surface area (TPSA) is 73.9 Å². The predicted molar refractivity (Wildman–Crippen MR) is 104 cm³/mol. The fraction of sp³-hybridized carbons (Fsp3) is 0.364. The summed E-state index contributed by atoms with van der Waals surface area (Å²) in [4.78, 5) is 24.3. The van der Waals surface area contributed by atoms with Crippen LogP contribution in [0.3, 0.4) is 0 Å². The lowest BCUT2D eigenvalue weighted by atomic mass is 9.95. The molecule has 160 valence electrons. The highest BCUT2D eigenvalue weighted by Gasteiger charge is 2.22. The Kier molecular flexibility index (Phi) is 6.87. The fourth-order valence-corrected chi connectivity index (χ4v) is 3.06. The highest BCUT2D eigenvalue weighted by atomic mass is 19.2. The number of hydrogen-bond donors (Lipinski definition) is 1. The summed E-state index contributed by atoms with van der Waals surface area (Å²) >= 11 is 0. The molecular formula is C22H23F2NO5. The van der Waals surface area contributed by atoms with Crippen LogP contribution in [0.4, 0.5) is 8.78 Å². The smallest absolute Gasteiger partial charge is 0.338 e. The third-order valence-corrected chi connectivity index (χ3v) is 4.60. The number of carbonyl (C=O) groups excluding carboxylic acids is 2. The first-order valence-electron chi connectivity index (χ1n) is 9.66. The number of esters is 1. The van der Waals surface area contributed by atoms with Gasteiger partial charge in [-0.05, 0) is 41.8 Å². The standard InChI is InChI=1S/C22H23F2NO5/c1-13(2)21(14-5-7-18-19(11-14)29-9-3-8-28-18)25-20(26)12-30-22(27)15-4-6-16(23)17(24)10-15/h4-7,10-11,13,21H,3,8-9,12H2,1-2H3,(H,25,26)/t21-/m1/s1. The molecule has 0 bridgehead atoms. The number of ether oxygens (including phenoxy) is 3. The molecule has 0 spiro atoms. The maximum Gasteiger partial charge on any atom is 0.338 e. The minimum absolute atomic E-state index is 0.0422. The summed E-state index contributed by atoms with van der Waals surface area (Å²) in [6, 6.07) is 7.78. The molecular weight excluding hydrogens is 396 g/mol. The van der Waals surface area contributed by atoms with Crippen molar-refractivity contribution in [2.45, 2.75) is 26.3 Å². The van der Waals surface area contributed by atoms with Gasteiger partial charge in [0.2, 0.25) is 0 Å².